The van der Waals surface area contributed by atoms with Gasteiger partial charge in [-0.1, -0.05) is 43.1 Å². The molecule has 0 fully saturated rings. The Morgan fingerprint density at radius 2 is 2.10 bits per heavy atom. The maximum absolute atomic E-state index is 5.88. The third-order valence-electron chi connectivity index (χ3n) is 2.76. The first-order chi connectivity index (χ1) is 10.0. The number of nitrogens with one attached hydrogen (secondary N) is 1. The van der Waals surface area contributed by atoms with Crippen LogP contribution < -0.4 is 5.32 Å². The minimum absolute atomic E-state index is 0.247. The molecule has 0 saturated carbocycles. The van der Waals surface area contributed by atoms with E-state index in [4.69, 9.17) is 23.2 Å². The van der Waals surface area contributed by atoms with Gasteiger partial charge in [-0.25, -0.2) is 4.98 Å². The van der Waals surface area contributed by atoms with E-state index >= 15 is 0 Å². The summed E-state index contributed by atoms with van der Waals surface area (Å²) in [6.07, 6.45) is 2.69. The van der Waals surface area contributed by atoms with Crippen molar-refractivity contribution in [2.75, 3.05) is 11.1 Å². The summed E-state index contributed by atoms with van der Waals surface area (Å²) in [7, 11) is 0. The van der Waals surface area contributed by atoms with E-state index in [9.17, 15) is 0 Å². The van der Waals surface area contributed by atoms with Gasteiger partial charge in [0.2, 0.25) is 5.95 Å². The van der Waals surface area contributed by atoms with Crippen molar-refractivity contribution in [3.8, 4) is 0 Å². The van der Waals surface area contributed by atoms with Gasteiger partial charge in [-0.15, -0.1) is 11.8 Å². The van der Waals surface area contributed by atoms with Gasteiger partial charge in [0.1, 0.15) is 0 Å². The van der Waals surface area contributed by atoms with Gasteiger partial charge in [0.25, 0.3) is 0 Å². The van der Waals surface area contributed by atoms with Gasteiger partial charge >= 0.3 is 0 Å². The van der Waals surface area contributed by atoms with Crippen LogP contribution in [-0.2, 0) is 0 Å². The summed E-state index contributed by atoms with van der Waals surface area (Å²) in [4.78, 5) is 9.41. The summed E-state index contributed by atoms with van der Waals surface area (Å²) in [5.74, 6) is 2.28. The number of aromatic nitrogens is 2. The van der Waals surface area contributed by atoms with Gasteiger partial charge in [0.05, 0.1) is 11.2 Å². The fourth-order valence-corrected chi connectivity index (χ4v) is 3.04. The van der Waals surface area contributed by atoms with Gasteiger partial charge in [-0.2, -0.15) is 4.98 Å². The molecule has 2 rings (SSSR count). The first kappa shape index (κ1) is 16.4. The fourth-order valence-electron chi connectivity index (χ4n) is 1.61. The van der Waals surface area contributed by atoms with Crippen molar-refractivity contribution in [1.82, 2.24) is 9.97 Å². The second-order valence-electron chi connectivity index (χ2n) is 5.02. The predicted molar refractivity (Wildman–Crippen MR) is 92.0 cm³/mol. The molecule has 1 heterocycles. The van der Waals surface area contributed by atoms with Gasteiger partial charge in [0.15, 0.2) is 5.15 Å². The normalized spacial score (nSPS) is 10.9. The SMILES string of the molecule is CC(C)CCSc1cccc(Nc2ncc(Cl)c(Cl)n2)c1. The van der Waals surface area contributed by atoms with E-state index in [-0.39, 0.29) is 5.15 Å². The second kappa shape index (κ2) is 7.87. The monoisotopic (exact) mass is 341 g/mol. The lowest BCUT2D eigenvalue weighted by Crippen LogP contribution is -1.97. The predicted octanol–water partition coefficient (Wildman–Crippen LogP) is 5.67. The summed E-state index contributed by atoms with van der Waals surface area (Å²) >= 11 is 13.5. The van der Waals surface area contributed by atoms with Crippen LogP contribution in [0.4, 0.5) is 11.6 Å². The van der Waals surface area contributed by atoms with Crippen molar-refractivity contribution in [2.45, 2.75) is 25.2 Å². The molecule has 0 aliphatic rings. The van der Waals surface area contributed by atoms with Crippen molar-refractivity contribution in [2.24, 2.45) is 5.92 Å². The van der Waals surface area contributed by atoms with Gasteiger partial charge < -0.3 is 5.32 Å². The van der Waals surface area contributed by atoms with Crippen molar-refractivity contribution in [3.05, 3.63) is 40.6 Å². The summed E-state index contributed by atoms with van der Waals surface area (Å²) in [6, 6.07) is 8.17. The van der Waals surface area contributed by atoms with E-state index in [0.29, 0.717) is 11.0 Å². The molecule has 0 aliphatic heterocycles. The van der Waals surface area contributed by atoms with Crippen molar-refractivity contribution >= 4 is 46.6 Å². The van der Waals surface area contributed by atoms with Gasteiger partial charge in [-0.05, 0) is 36.3 Å². The molecule has 0 radical (unpaired) electrons. The van der Waals surface area contributed by atoms with Crippen molar-refractivity contribution < 1.29 is 0 Å². The number of hydrogen-bond donors (Lipinski definition) is 1. The Morgan fingerprint density at radius 1 is 1.29 bits per heavy atom. The minimum Gasteiger partial charge on any atom is -0.324 e. The van der Waals surface area contributed by atoms with Crippen LogP contribution in [0.3, 0.4) is 0 Å². The van der Waals surface area contributed by atoms with Crippen LogP contribution >= 0.6 is 35.0 Å². The molecule has 0 aliphatic carbocycles. The summed E-state index contributed by atoms with van der Waals surface area (Å²) in [5.41, 5.74) is 0.933. The minimum atomic E-state index is 0.247. The molecule has 1 aromatic heterocycles. The third-order valence-corrected chi connectivity index (χ3v) is 4.44. The first-order valence-corrected chi connectivity index (χ1v) is 8.46. The topological polar surface area (TPSA) is 37.8 Å². The van der Waals surface area contributed by atoms with Gasteiger partial charge in [-0.3, -0.25) is 0 Å². The highest BCUT2D eigenvalue weighted by Gasteiger charge is 2.04. The molecule has 6 heteroatoms. The Hall–Kier alpha value is -0.970. The molecular formula is C15H17Cl2N3S. The number of nitrogens with zero attached hydrogens (tertiary/aromatic N) is 2. The highest BCUT2D eigenvalue weighted by Crippen LogP contribution is 2.25. The van der Waals surface area contributed by atoms with Crippen LogP contribution in [-0.4, -0.2) is 15.7 Å². The number of thioether (sulfide) groups is 1. The largest absolute Gasteiger partial charge is 0.324 e. The summed E-state index contributed by atoms with van der Waals surface area (Å²) in [5, 5.41) is 3.73. The molecule has 3 nitrogen and oxygen atoms in total. The molecule has 2 aromatic rings. The molecule has 112 valence electrons. The average Bonchev–Trinajstić information content (AvgIpc) is 2.43. The lowest BCUT2D eigenvalue weighted by molar-refractivity contribution is 0.632. The molecular weight excluding hydrogens is 325 g/mol. The number of anilines is 2. The van der Waals surface area contributed by atoms with Crippen molar-refractivity contribution in [3.63, 3.8) is 0 Å². The number of benzene rings is 1. The van der Waals surface area contributed by atoms with Crippen LogP contribution in [0.1, 0.15) is 20.3 Å². The standard InChI is InChI=1S/C15H17Cl2N3S/c1-10(2)6-7-21-12-5-3-4-11(8-12)19-15-18-9-13(16)14(17)20-15/h3-5,8-10H,6-7H2,1-2H3,(H,18,19,20). The molecule has 1 N–H and O–H groups in total. The summed E-state index contributed by atoms with van der Waals surface area (Å²) < 4.78 is 0. The number of hydrogen-bond acceptors (Lipinski definition) is 4. The van der Waals surface area contributed by atoms with Gasteiger partial charge in [0, 0.05) is 10.6 Å². The number of halogens is 2. The third kappa shape index (κ3) is 5.38. The fraction of sp³-hybridized carbons (Fsp3) is 0.333. The molecule has 0 atom stereocenters. The van der Waals surface area contributed by atoms with E-state index in [1.807, 2.05) is 23.9 Å². The maximum Gasteiger partial charge on any atom is 0.228 e. The quantitative estimate of drug-likeness (QED) is 0.542. The van der Waals surface area contributed by atoms with Crippen LogP contribution in [0.5, 0.6) is 0 Å². The van der Waals surface area contributed by atoms with Crippen LogP contribution in [0.15, 0.2) is 35.4 Å². The van der Waals surface area contributed by atoms with Crippen LogP contribution in [0.25, 0.3) is 0 Å². The molecule has 0 bridgehead atoms. The number of rotatable bonds is 6. The van der Waals surface area contributed by atoms with E-state index in [0.717, 1.165) is 17.4 Å². The smallest absolute Gasteiger partial charge is 0.228 e. The Labute approximate surface area is 139 Å². The average molecular weight is 342 g/mol. The zero-order valence-electron chi connectivity index (χ0n) is 11.9. The Balaban J connectivity index is 2.01. The molecule has 0 unspecified atom stereocenters. The highest BCUT2D eigenvalue weighted by atomic mass is 35.5. The zero-order chi connectivity index (χ0) is 15.2. The second-order valence-corrected chi connectivity index (χ2v) is 6.95. The lowest BCUT2D eigenvalue weighted by atomic mass is 10.2. The molecule has 21 heavy (non-hydrogen) atoms. The molecule has 1 aromatic carbocycles. The summed E-state index contributed by atoms with van der Waals surface area (Å²) in [6.45, 7) is 4.47. The molecule has 0 saturated heterocycles. The molecule has 0 spiro atoms. The van der Waals surface area contributed by atoms with Crippen LogP contribution in [0, 0.1) is 5.92 Å². The first-order valence-electron chi connectivity index (χ1n) is 6.72. The van der Waals surface area contributed by atoms with E-state index < -0.39 is 0 Å². The Kier molecular flexibility index (Phi) is 6.15. The lowest BCUT2D eigenvalue weighted by Gasteiger charge is -2.08. The highest BCUT2D eigenvalue weighted by molar-refractivity contribution is 7.99. The van der Waals surface area contributed by atoms with E-state index in [2.05, 4.69) is 41.3 Å². The van der Waals surface area contributed by atoms with Crippen molar-refractivity contribution in [1.29, 1.82) is 0 Å². The maximum atomic E-state index is 5.88. The molecule has 0 amide bonds. The van der Waals surface area contributed by atoms with Crippen LogP contribution in [0.2, 0.25) is 10.2 Å². The van der Waals surface area contributed by atoms with E-state index in [1.54, 1.807) is 0 Å². The van der Waals surface area contributed by atoms with E-state index in [1.165, 1.54) is 17.5 Å². The Morgan fingerprint density at radius 3 is 2.81 bits per heavy atom. The Bertz CT molecular complexity index is 605. The zero-order valence-corrected chi connectivity index (χ0v) is 14.3.